The predicted octanol–water partition coefficient (Wildman–Crippen LogP) is -0.0190. The Bertz CT molecular complexity index is 1350. The summed E-state index contributed by atoms with van der Waals surface area (Å²) in [7, 11) is -10.7. The van der Waals surface area contributed by atoms with Crippen LogP contribution in [0.15, 0.2) is 34.0 Å². The van der Waals surface area contributed by atoms with Crippen molar-refractivity contribution in [2.45, 2.75) is 37.5 Å². The molecule has 36 heavy (non-hydrogen) atoms. The Hall–Kier alpha value is -1.37. The molecule has 5 atom stereocenters. The molecule has 200 valence electrons. The number of halogens is 3. The quantitative estimate of drug-likeness (QED) is 0.176. The third-order valence-corrected chi connectivity index (χ3v) is 7.89. The van der Waals surface area contributed by atoms with Crippen molar-refractivity contribution in [3.05, 3.63) is 66.0 Å². The number of hydrogen-bond donors (Lipinski definition) is 5. The normalized spacial score (nSPS) is 24.1. The summed E-state index contributed by atoms with van der Waals surface area (Å²) in [6.07, 6.45) is -5.94. The Morgan fingerprint density at radius 2 is 1.78 bits per heavy atom. The summed E-state index contributed by atoms with van der Waals surface area (Å²) in [4.78, 5) is 52.1. The zero-order valence-corrected chi connectivity index (χ0v) is 21.7. The fraction of sp³-hybridized carbons (Fsp3) is 0.412. The van der Waals surface area contributed by atoms with E-state index in [1.165, 1.54) is 0 Å². The fourth-order valence-corrected chi connectivity index (χ4v) is 5.54. The summed E-state index contributed by atoms with van der Waals surface area (Å²) < 4.78 is 64.2. The molecule has 3 rings (SSSR count). The van der Waals surface area contributed by atoms with Gasteiger partial charge in [0.1, 0.15) is 29.9 Å². The molecule has 0 spiro atoms. The third kappa shape index (κ3) is 6.93. The molecule has 0 radical (unpaired) electrons. The van der Waals surface area contributed by atoms with Gasteiger partial charge in [-0.05, 0) is 40.6 Å². The van der Waals surface area contributed by atoms with Crippen LogP contribution in [-0.2, 0) is 35.7 Å². The van der Waals surface area contributed by atoms with Gasteiger partial charge in [0.25, 0.3) is 5.56 Å². The van der Waals surface area contributed by atoms with Crippen molar-refractivity contribution < 1.29 is 56.4 Å². The van der Waals surface area contributed by atoms with Gasteiger partial charge >= 0.3 is 21.3 Å². The van der Waals surface area contributed by atoms with Gasteiger partial charge in [0.05, 0.1) is 10.2 Å². The molecule has 0 amide bonds. The van der Waals surface area contributed by atoms with E-state index >= 15 is 0 Å². The Morgan fingerprint density at radius 3 is 2.39 bits per heavy atom. The first-order valence-electron chi connectivity index (χ1n) is 9.81. The monoisotopic (exact) mass is 670 g/mol. The highest BCUT2D eigenvalue weighted by Crippen LogP contribution is 2.57. The second kappa shape index (κ2) is 11.2. The number of phosphoric ester groups is 1. The number of hydrogen-bond acceptors (Lipinski definition) is 9. The average Bonchev–Trinajstić information content (AvgIpc) is 3.03. The Labute approximate surface area is 213 Å². The molecule has 5 N–H and O–H groups in total. The van der Waals surface area contributed by atoms with Crippen LogP contribution in [0.2, 0.25) is 0 Å². The molecule has 1 aliphatic rings. The molecule has 1 fully saturated rings. The maximum atomic E-state index is 13.9. The zero-order chi connectivity index (χ0) is 27.0. The van der Waals surface area contributed by atoms with Crippen LogP contribution in [-0.4, -0.2) is 58.9 Å². The zero-order valence-electron chi connectivity index (χ0n) is 17.8. The standard InChI is InChI=1S/C17H19F2IN2O12P2/c18-9-2-1-8(10(19)5-9)3-4-21-15(25)11(20)6-22(17(21)26)16-14(24)13(23)12(33-16)7-32-36(30,31)34-35(27,28)29/h1-2,5-6,12-14,16,23-24H,3-4,7H2,(H,30,31)(H2,27,28,29)/t12-,13-,14-,16-/m1/s1. The first-order valence-corrected chi connectivity index (χ1v) is 13.9. The molecule has 1 aliphatic heterocycles. The molecule has 1 unspecified atom stereocenters. The Kier molecular flexibility index (Phi) is 9.05. The van der Waals surface area contributed by atoms with E-state index in [-0.39, 0.29) is 22.1 Å². The van der Waals surface area contributed by atoms with Crippen LogP contribution < -0.4 is 11.2 Å². The highest BCUT2D eigenvalue weighted by molar-refractivity contribution is 14.1. The van der Waals surface area contributed by atoms with Crippen molar-refractivity contribution in [2.75, 3.05) is 6.61 Å². The third-order valence-electron chi connectivity index (χ3n) is 5.00. The first-order chi connectivity index (χ1) is 16.6. The molecular formula is C17H19F2IN2O12P2. The maximum absolute atomic E-state index is 13.9. The number of benzene rings is 1. The molecule has 14 nitrogen and oxygen atoms in total. The maximum Gasteiger partial charge on any atom is 0.481 e. The van der Waals surface area contributed by atoms with Crippen molar-refractivity contribution in [3.63, 3.8) is 0 Å². The highest BCUT2D eigenvalue weighted by Gasteiger charge is 2.46. The van der Waals surface area contributed by atoms with Crippen molar-refractivity contribution in [1.82, 2.24) is 9.13 Å². The fourth-order valence-electron chi connectivity index (χ4n) is 3.35. The second-order valence-corrected chi connectivity index (χ2v) is 11.5. The lowest BCUT2D eigenvalue weighted by Gasteiger charge is -2.19. The van der Waals surface area contributed by atoms with E-state index in [1.54, 1.807) is 22.6 Å². The van der Waals surface area contributed by atoms with Gasteiger partial charge < -0.3 is 29.6 Å². The summed E-state index contributed by atoms with van der Waals surface area (Å²) in [6, 6.07) is 2.81. The highest BCUT2D eigenvalue weighted by atomic mass is 127. The average molecular weight is 670 g/mol. The molecular weight excluding hydrogens is 651 g/mol. The van der Waals surface area contributed by atoms with E-state index in [4.69, 9.17) is 14.5 Å². The number of phosphoric acid groups is 2. The molecule has 0 aliphatic carbocycles. The van der Waals surface area contributed by atoms with Gasteiger partial charge in [-0.25, -0.2) is 22.7 Å². The SMILES string of the molecule is O=c1c(I)cn([C@@H]2O[C@H](COP(=O)(O)OP(=O)(O)O)[C@@H](O)[C@H]2O)c(=O)n1CCc1ccc(F)cc1F. The minimum absolute atomic E-state index is 0.0216. The molecule has 19 heteroatoms. The van der Waals surface area contributed by atoms with E-state index in [2.05, 4.69) is 8.83 Å². The van der Waals surface area contributed by atoms with Crippen molar-refractivity contribution in [1.29, 1.82) is 0 Å². The summed E-state index contributed by atoms with van der Waals surface area (Å²) >= 11 is 1.60. The molecule has 1 saturated heterocycles. The van der Waals surface area contributed by atoms with Gasteiger partial charge in [0.2, 0.25) is 0 Å². The Morgan fingerprint density at radius 1 is 1.11 bits per heavy atom. The van der Waals surface area contributed by atoms with Gasteiger partial charge in [0, 0.05) is 18.8 Å². The Balaban J connectivity index is 1.82. The van der Waals surface area contributed by atoms with E-state index in [0.29, 0.717) is 10.6 Å². The summed E-state index contributed by atoms with van der Waals surface area (Å²) in [5, 5.41) is 20.6. The van der Waals surface area contributed by atoms with E-state index in [9.17, 15) is 42.6 Å². The second-order valence-electron chi connectivity index (χ2n) is 7.49. The molecule has 1 aromatic heterocycles. The largest absolute Gasteiger partial charge is 0.481 e. The number of aliphatic hydroxyl groups is 2. The van der Waals surface area contributed by atoms with Crippen LogP contribution in [0.4, 0.5) is 8.78 Å². The lowest BCUT2D eigenvalue weighted by molar-refractivity contribution is -0.0549. The van der Waals surface area contributed by atoms with Gasteiger partial charge in [-0.2, -0.15) is 4.31 Å². The van der Waals surface area contributed by atoms with E-state index < -0.39 is 69.7 Å². The van der Waals surface area contributed by atoms with E-state index in [1.807, 2.05) is 0 Å². The van der Waals surface area contributed by atoms with Crippen LogP contribution in [0.25, 0.3) is 0 Å². The smallest absolute Gasteiger partial charge is 0.387 e. The minimum atomic E-state index is -5.40. The number of nitrogens with zero attached hydrogens (tertiary/aromatic N) is 2. The van der Waals surface area contributed by atoms with Gasteiger partial charge in [-0.15, -0.1) is 0 Å². The molecule has 2 aromatic rings. The van der Waals surface area contributed by atoms with Crippen LogP contribution in [0.3, 0.4) is 0 Å². The van der Waals surface area contributed by atoms with Crippen LogP contribution >= 0.6 is 38.2 Å². The van der Waals surface area contributed by atoms with Crippen molar-refractivity contribution in [2.24, 2.45) is 0 Å². The van der Waals surface area contributed by atoms with Crippen LogP contribution in [0.1, 0.15) is 11.8 Å². The van der Waals surface area contributed by atoms with Gasteiger partial charge in [-0.3, -0.25) is 18.5 Å². The lowest BCUT2D eigenvalue weighted by atomic mass is 10.1. The summed E-state index contributed by atoms with van der Waals surface area (Å²) in [6.45, 7) is -1.32. The number of rotatable bonds is 9. The first kappa shape index (κ1) is 29.2. The molecule has 2 heterocycles. The number of aliphatic hydroxyl groups excluding tert-OH is 2. The summed E-state index contributed by atoms with van der Waals surface area (Å²) in [5.74, 6) is -1.68. The number of ether oxygens (including phenoxy) is 1. The van der Waals surface area contributed by atoms with E-state index in [0.717, 1.165) is 22.9 Å². The number of aromatic nitrogens is 2. The van der Waals surface area contributed by atoms with Crippen molar-refractivity contribution in [3.8, 4) is 0 Å². The molecule has 0 bridgehead atoms. The summed E-state index contributed by atoms with van der Waals surface area (Å²) in [5.41, 5.74) is -1.73. The van der Waals surface area contributed by atoms with Gasteiger partial charge in [-0.1, -0.05) is 6.07 Å². The van der Waals surface area contributed by atoms with Gasteiger partial charge in [0.15, 0.2) is 6.23 Å². The predicted molar refractivity (Wildman–Crippen MR) is 123 cm³/mol. The topological polar surface area (TPSA) is 207 Å². The minimum Gasteiger partial charge on any atom is -0.387 e. The molecule has 0 saturated carbocycles. The lowest BCUT2D eigenvalue weighted by Crippen LogP contribution is -2.44. The van der Waals surface area contributed by atoms with Crippen molar-refractivity contribution >= 4 is 38.2 Å². The number of aryl methyl sites for hydroxylation is 1. The molecule has 1 aromatic carbocycles. The van der Waals surface area contributed by atoms with Crippen LogP contribution in [0, 0.1) is 15.2 Å². The van der Waals surface area contributed by atoms with Crippen LogP contribution in [0.5, 0.6) is 0 Å².